The normalized spacial score (nSPS) is 18.7. The largest absolute Gasteiger partial charge is 0.480 e. The van der Waals surface area contributed by atoms with E-state index >= 15 is 0 Å². The van der Waals surface area contributed by atoms with Gasteiger partial charge in [-0.05, 0) is 43.9 Å². The molecule has 1 aromatic rings. The van der Waals surface area contributed by atoms with Crippen molar-refractivity contribution in [2.75, 3.05) is 11.9 Å². The maximum atomic E-state index is 13.4. The van der Waals surface area contributed by atoms with Gasteiger partial charge in [-0.15, -0.1) is 0 Å². The standard InChI is InChI=1S/C14H17FN2O3/c1-9-5-6-10(8-11(9)15)16-14(20)17-7-3-2-4-12(17)13(18)19/h5-6,8,12H,2-4,7H2,1H3,(H,16,20)(H,18,19). The lowest BCUT2D eigenvalue weighted by molar-refractivity contribution is -0.143. The van der Waals surface area contributed by atoms with Crippen LogP contribution in [-0.4, -0.2) is 34.6 Å². The summed E-state index contributed by atoms with van der Waals surface area (Å²) in [6, 6.07) is 3.08. The number of amides is 2. The van der Waals surface area contributed by atoms with Crippen LogP contribution >= 0.6 is 0 Å². The number of nitrogens with zero attached hydrogens (tertiary/aromatic N) is 1. The quantitative estimate of drug-likeness (QED) is 0.874. The van der Waals surface area contributed by atoms with Gasteiger partial charge in [0.05, 0.1) is 0 Å². The van der Waals surface area contributed by atoms with Crippen LogP contribution in [0.4, 0.5) is 14.9 Å². The lowest BCUT2D eigenvalue weighted by Crippen LogP contribution is -2.49. The molecular formula is C14H17FN2O3. The highest BCUT2D eigenvalue weighted by atomic mass is 19.1. The number of anilines is 1. The minimum Gasteiger partial charge on any atom is -0.480 e. The summed E-state index contributed by atoms with van der Waals surface area (Å²) in [7, 11) is 0. The number of benzene rings is 1. The van der Waals surface area contributed by atoms with Crippen molar-refractivity contribution in [2.24, 2.45) is 0 Å². The van der Waals surface area contributed by atoms with E-state index in [1.807, 2.05) is 0 Å². The van der Waals surface area contributed by atoms with Gasteiger partial charge in [-0.25, -0.2) is 14.0 Å². The predicted octanol–water partition coefficient (Wildman–Crippen LogP) is 2.61. The van der Waals surface area contributed by atoms with E-state index in [0.29, 0.717) is 24.2 Å². The predicted molar refractivity (Wildman–Crippen MR) is 72.1 cm³/mol. The average Bonchev–Trinajstić information content (AvgIpc) is 2.43. The van der Waals surface area contributed by atoms with E-state index in [1.54, 1.807) is 19.1 Å². The number of piperidine rings is 1. The van der Waals surface area contributed by atoms with Gasteiger partial charge in [0.1, 0.15) is 11.9 Å². The van der Waals surface area contributed by atoms with Crippen molar-refractivity contribution in [3.8, 4) is 0 Å². The van der Waals surface area contributed by atoms with Gasteiger partial charge in [0.2, 0.25) is 0 Å². The second-order valence-corrected chi connectivity index (χ2v) is 4.94. The van der Waals surface area contributed by atoms with Crippen LogP contribution in [0.5, 0.6) is 0 Å². The molecule has 1 aliphatic heterocycles. The number of hydrogen-bond donors (Lipinski definition) is 2. The number of carboxylic acid groups (broad SMARTS) is 1. The topological polar surface area (TPSA) is 69.6 Å². The Morgan fingerprint density at radius 2 is 2.15 bits per heavy atom. The Balaban J connectivity index is 2.09. The summed E-state index contributed by atoms with van der Waals surface area (Å²) in [5.74, 6) is -1.41. The smallest absolute Gasteiger partial charge is 0.326 e. The zero-order valence-corrected chi connectivity index (χ0v) is 11.2. The highest BCUT2D eigenvalue weighted by Crippen LogP contribution is 2.20. The second kappa shape index (κ2) is 5.90. The van der Waals surface area contributed by atoms with E-state index < -0.39 is 23.9 Å². The first-order chi connectivity index (χ1) is 9.49. The molecule has 1 heterocycles. The molecule has 0 bridgehead atoms. The molecule has 1 unspecified atom stereocenters. The summed E-state index contributed by atoms with van der Waals surface area (Å²) < 4.78 is 13.4. The Morgan fingerprint density at radius 3 is 2.80 bits per heavy atom. The molecule has 108 valence electrons. The summed E-state index contributed by atoms with van der Waals surface area (Å²) in [6.45, 7) is 2.03. The third kappa shape index (κ3) is 3.07. The molecule has 6 heteroatoms. The molecule has 1 fully saturated rings. The summed E-state index contributed by atoms with van der Waals surface area (Å²) in [5.41, 5.74) is 0.817. The number of carboxylic acids is 1. The molecule has 5 nitrogen and oxygen atoms in total. The lowest BCUT2D eigenvalue weighted by atomic mass is 10.0. The first kappa shape index (κ1) is 14.3. The van der Waals surface area contributed by atoms with Crippen LogP contribution in [0, 0.1) is 12.7 Å². The highest BCUT2D eigenvalue weighted by molar-refractivity contribution is 5.92. The van der Waals surface area contributed by atoms with Crippen molar-refractivity contribution in [3.05, 3.63) is 29.6 Å². The van der Waals surface area contributed by atoms with Crippen molar-refractivity contribution in [1.82, 2.24) is 4.90 Å². The molecule has 0 spiro atoms. The summed E-state index contributed by atoms with van der Waals surface area (Å²) in [6.07, 6.45) is 2.02. The Kier molecular flexibility index (Phi) is 4.22. The summed E-state index contributed by atoms with van der Waals surface area (Å²) in [5, 5.41) is 11.7. The molecule has 0 radical (unpaired) electrons. The van der Waals surface area contributed by atoms with Crippen LogP contribution < -0.4 is 5.32 Å². The van der Waals surface area contributed by atoms with Crippen LogP contribution in [-0.2, 0) is 4.79 Å². The lowest BCUT2D eigenvalue weighted by Gasteiger charge is -2.32. The van der Waals surface area contributed by atoms with Gasteiger partial charge in [-0.2, -0.15) is 0 Å². The van der Waals surface area contributed by atoms with Gasteiger partial charge >= 0.3 is 12.0 Å². The molecule has 1 atom stereocenters. The van der Waals surface area contributed by atoms with Gasteiger partial charge < -0.3 is 15.3 Å². The van der Waals surface area contributed by atoms with E-state index in [9.17, 15) is 14.0 Å². The van der Waals surface area contributed by atoms with Crippen molar-refractivity contribution in [2.45, 2.75) is 32.2 Å². The second-order valence-electron chi connectivity index (χ2n) is 4.94. The Hall–Kier alpha value is -2.11. The number of halogens is 1. The Bertz CT molecular complexity index is 533. The maximum absolute atomic E-state index is 13.4. The zero-order chi connectivity index (χ0) is 14.7. The number of urea groups is 1. The number of rotatable bonds is 2. The number of carbonyl (C=O) groups is 2. The molecule has 1 aliphatic rings. The van der Waals surface area contributed by atoms with Gasteiger partial charge in [0.15, 0.2) is 0 Å². The number of nitrogens with one attached hydrogen (secondary N) is 1. The molecule has 2 N–H and O–H groups in total. The number of carbonyl (C=O) groups excluding carboxylic acids is 1. The summed E-state index contributed by atoms with van der Waals surface area (Å²) >= 11 is 0. The molecule has 0 aliphatic carbocycles. The van der Waals surface area contributed by atoms with E-state index in [1.165, 1.54) is 11.0 Å². The average molecular weight is 280 g/mol. The molecule has 2 amide bonds. The van der Waals surface area contributed by atoms with Crippen molar-refractivity contribution in [1.29, 1.82) is 0 Å². The summed E-state index contributed by atoms with van der Waals surface area (Å²) in [4.78, 5) is 24.5. The molecule has 20 heavy (non-hydrogen) atoms. The van der Waals surface area contributed by atoms with E-state index in [0.717, 1.165) is 12.8 Å². The van der Waals surface area contributed by atoms with Crippen LogP contribution in [0.3, 0.4) is 0 Å². The monoisotopic (exact) mass is 280 g/mol. The number of aliphatic carboxylic acids is 1. The van der Waals surface area contributed by atoms with E-state index in [-0.39, 0.29) is 0 Å². The van der Waals surface area contributed by atoms with Crippen LogP contribution in [0.25, 0.3) is 0 Å². The molecular weight excluding hydrogens is 263 g/mol. The van der Waals surface area contributed by atoms with Crippen LogP contribution in [0.15, 0.2) is 18.2 Å². The molecule has 1 saturated heterocycles. The fourth-order valence-electron chi connectivity index (χ4n) is 2.30. The fourth-order valence-corrected chi connectivity index (χ4v) is 2.30. The minimum atomic E-state index is -1.00. The van der Waals surface area contributed by atoms with Crippen molar-refractivity contribution >= 4 is 17.7 Å². The van der Waals surface area contributed by atoms with Crippen LogP contribution in [0.2, 0.25) is 0 Å². The maximum Gasteiger partial charge on any atom is 0.326 e. The number of aryl methyl sites for hydroxylation is 1. The van der Waals surface area contributed by atoms with Gasteiger partial charge in [-0.1, -0.05) is 6.07 Å². The molecule has 0 aromatic heterocycles. The highest BCUT2D eigenvalue weighted by Gasteiger charge is 2.31. The van der Waals surface area contributed by atoms with Crippen LogP contribution in [0.1, 0.15) is 24.8 Å². The van der Waals surface area contributed by atoms with Crippen molar-refractivity contribution in [3.63, 3.8) is 0 Å². The fraction of sp³-hybridized carbons (Fsp3) is 0.429. The first-order valence-corrected chi connectivity index (χ1v) is 6.55. The Labute approximate surface area is 116 Å². The molecule has 0 saturated carbocycles. The minimum absolute atomic E-state index is 0.327. The number of hydrogen-bond acceptors (Lipinski definition) is 2. The number of likely N-dealkylation sites (tertiary alicyclic amines) is 1. The SMILES string of the molecule is Cc1ccc(NC(=O)N2CCCCC2C(=O)O)cc1F. The third-order valence-corrected chi connectivity index (χ3v) is 3.47. The van der Waals surface area contributed by atoms with Gasteiger partial charge in [0, 0.05) is 12.2 Å². The van der Waals surface area contributed by atoms with E-state index in [2.05, 4.69) is 5.32 Å². The Morgan fingerprint density at radius 1 is 1.40 bits per heavy atom. The first-order valence-electron chi connectivity index (χ1n) is 6.55. The van der Waals surface area contributed by atoms with Crippen molar-refractivity contribution < 1.29 is 19.1 Å². The zero-order valence-electron chi connectivity index (χ0n) is 11.2. The van der Waals surface area contributed by atoms with E-state index in [4.69, 9.17) is 5.11 Å². The van der Waals surface area contributed by atoms with Gasteiger partial charge in [0.25, 0.3) is 0 Å². The molecule has 1 aromatic carbocycles. The van der Waals surface area contributed by atoms with Gasteiger partial charge in [-0.3, -0.25) is 0 Å². The molecule has 2 rings (SSSR count). The third-order valence-electron chi connectivity index (χ3n) is 3.47.